The number of sulfonamides is 1. The van der Waals surface area contributed by atoms with Crippen molar-refractivity contribution in [3.8, 4) is 0 Å². The number of carboxylic acid groups (broad SMARTS) is 2. The summed E-state index contributed by atoms with van der Waals surface area (Å²) >= 11 is 0. The first kappa shape index (κ1) is 33.4. The molecule has 1 fully saturated rings. The van der Waals surface area contributed by atoms with E-state index in [4.69, 9.17) is 9.90 Å². The van der Waals surface area contributed by atoms with Crippen molar-refractivity contribution in [1.82, 2.24) is 10.2 Å². The molecule has 0 atom stereocenters. The summed E-state index contributed by atoms with van der Waals surface area (Å²) in [5, 5.41) is 19.8. The maximum absolute atomic E-state index is 13.0. The van der Waals surface area contributed by atoms with Gasteiger partial charge in [-0.05, 0) is 42.7 Å². The van der Waals surface area contributed by atoms with Crippen LogP contribution in [0.1, 0.15) is 36.2 Å². The number of hydrogen-bond donors (Lipinski definition) is 4. The van der Waals surface area contributed by atoms with Crippen LogP contribution in [0.2, 0.25) is 0 Å². The van der Waals surface area contributed by atoms with Crippen LogP contribution in [0.25, 0.3) is 0 Å². The number of rotatable bonds is 10. The molecule has 0 spiro atoms. The second-order valence-corrected chi connectivity index (χ2v) is 10.7. The third-order valence-electron chi connectivity index (χ3n) is 6.04. The summed E-state index contributed by atoms with van der Waals surface area (Å²) in [6.45, 7) is 7.48. The van der Waals surface area contributed by atoms with Gasteiger partial charge in [0.05, 0.1) is 22.7 Å². The molecule has 4 N–H and O–H groups in total. The Bertz CT molecular complexity index is 1330. The molecule has 1 amide bonds. The number of nitrogens with one attached hydrogen (secondary N) is 2. The van der Waals surface area contributed by atoms with Gasteiger partial charge in [0.1, 0.15) is 0 Å². The number of aliphatic carboxylic acids is 1. The van der Waals surface area contributed by atoms with Crippen molar-refractivity contribution in [3.05, 3.63) is 53.6 Å². The molecule has 3 rings (SSSR count). The van der Waals surface area contributed by atoms with Crippen molar-refractivity contribution in [1.29, 1.82) is 0 Å². The number of carboxylic acids is 2. The SMILES string of the molecule is CCCNC(=O)CN1CCN(c2ccc(NS(=O)(=O)c3ccccc3CC)c(C(=O)O)c2)CC1.O=C(O)C(F)(F)F. The summed E-state index contributed by atoms with van der Waals surface area (Å²) < 4.78 is 60.2. The van der Waals surface area contributed by atoms with Gasteiger partial charge in [0.15, 0.2) is 0 Å². The number of alkyl halides is 3. The van der Waals surface area contributed by atoms with Crippen LogP contribution in [0.3, 0.4) is 0 Å². The highest BCUT2D eigenvalue weighted by Crippen LogP contribution is 2.27. The zero-order valence-corrected chi connectivity index (χ0v) is 23.4. The van der Waals surface area contributed by atoms with Crippen LogP contribution in [-0.4, -0.2) is 86.8 Å². The highest BCUT2D eigenvalue weighted by Gasteiger charge is 2.38. The van der Waals surface area contributed by atoms with E-state index < -0.39 is 28.1 Å². The lowest BCUT2D eigenvalue weighted by molar-refractivity contribution is -0.192. The molecular weight excluding hydrogens is 569 g/mol. The van der Waals surface area contributed by atoms with Crippen LogP contribution >= 0.6 is 0 Å². The number of amides is 1. The summed E-state index contributed by atoms with van der Waals surface area (Å²) in [6, 6.07) is 11.4. The zero-order chi connectivity index (χ0) is 30.8. The molecule has 2 aromatic rings. The van der Waals surface area contributed by atoms with Crippen LogP contribution in [0.5, 0.6) is 0 Å². The molecule has 0 unspecified atom stereocenters. The molecule has 1 heterocycles. The normalized spacial score (nSPS) is 14.0. The Labute approximate surface area is 236 Å². The lowest BCUT2D eigenvalue weighted by Crippen LogP contribution is -2.49. The molecule has 15 heteroatoms. The maximum Gasteiger partial charge on any atom is 0.490 e. The summed E-state index contributed by atoms with van der Waals surface area (Å²) in [5.41, 5.74) is 1.26. The number of hydrogen-bond acceptors (Lipinski definition) is 7. The smallest absolute Gasteiger partial charge is 0.478 e. The number of aromatic carboxylic acids is 1. The van der Waals surface area contributed by atoms with Gasteiger partial charge in [-0.1, -0.05) is 32.0 Å². The lowest BCUT2D eigenvalue weighted by atomic mass is 10.1. The monoisotopic (exact) mass is 602 g/mol. The molecule has 0 aliphatic carbocycles. The van der Waals surface area contributed by atoms with Crippen molar-refractivity contribution in [2.75, 3.05) is 48.9 Å². The van der Waals surface area contributed by atoms with Gasteiger partial charge >= 0.3 is 18.1 Å². The number of aryl methyl sites for hydroxylation is 1. The fourth-order valence-corrected chi connectivity index (χ4v) is 5.33. The number of anilines is 2. The minimum atomic E-state index is -5.08. The topological polar surface area (TPSA) is 156 Å². The predicted octanol–water partition coefficient (Wildman–Crippen LogP) is 3.03. The van der Waals surface area contributed by atoms with Gasteiger partial charge in [-0.3, -0.25) is 14.4 Å². The second-order valence-electron chi connectivity index (χ2n) is 9.02. The quantitative estimate of drug-likeness (QED) is 0.321. The predicted molar refractivity (Wildman–Crippen MR) is 146 cm³/mol. The minimum Gasteiger partial charge on any atom is -0.478 e. The van der Waals surface area contributed by atoms with Gasteiger partial charge in [-0.2, -0.15) is 13.2 Å². The third kappa shape index (κ3) is 9.93. The summed E-state index contributed by atoms with van der Waals surface area (Å²) in [5.74, 6) is -3.97. The highest BCUT2D eigenvalue weighted by atomic mass is 32.2. The molecule has 0 saturated carbocycles. The van der Waals surface area contributed by atoms with Gasteiger partial charge < -0.3 is 20.4 Å². The first-order valence-corrected chi connectivity index (χ1v) is 14.2. The Balaban J connectivity index is 0.000000745. The second kappa shape index (κ2) is 14.7. The summed E-state index contributed by atoms with van der Waals surface area (Å²) in [6.07, 6.45) is -3.66. The molecule has 226 valence electrons. The van der Waals surface area contributed by atoms with Crippen molar-refractivity contribution in [2.45, 2.75) is 37.8 Å². The fraction of sp³-hybridized carbons (Fsp3) is 0.423. The van der Waals surface area contributed by atoms with E-state index in [9.17, 15) is 36.3 Å². The minimum absolute atomic E-state index is 0.00440. The van der Waals surface area contributed by atoms with Crippen molar-refractivity contribution in [3.63, 3.8) is 0 Å². The Kier molecular flexibility index (Phi) is 11.9. The number of nitrogens with zero attached hydrogens (tertiary/aromatic N) is 2. The Morgan fingerprint density at radius 3 is 2.12 bits per heavy atom. The van der Waals surface area contributed by atoms with Crippen LogP contribution in [-0.2, 0) is 26.0 Å². The molecule has 0 aromatic heterocycles. The number of halogens is 3. The largest absolute Gasteiger partial charge is 0.490 e. The van der Waals surface area contributed by atoms with Gasteiger partial charge in [-0.25, -0.2) is 18.0 Å². The summed E-state index contributed by atoms with van der Waals surface area (Å²) in [4.78, 5) is 37.0. The molecule has 1 aliphatic rings. The maximum atomic E-state index is 13.0. The number of carbonyl (C=O) groups excluding carboxylic acids is 1. The van der Waals surface area contributed by atoms with E-state index in [1.165, 1.54) is 18.2 Å². The van der Waals surface area contributed by atoms with E-state index in [-0.39, 0.29) is 22.1 Å². The van der Waals surface area contributed by atoms with E-state index in [1.54, 1.807) is 24.3 Å². The molecule has 1 saturated heterocycles. The van der Waals surface area contributed by atoms with E-state index in [1.807, 2.05) is 18.7 Å². The van der Waals surface area contributed by atoms with Crippen molar-refractivity contribution >= 4 is 39.2 Å². The standard InChI is InChI=1S/C24H32N4O5S.C2HF3O2/c1-3-11-25-23(29)17-27-12-14-28(15-13-27)19-9-10-21(20(16-19)24(30)31)26-34(32,33)22-8-6-5-7-18(22)4-2;3-2(4,5)1(6)7/h5-10,16,26H,3-4,11-15,17H2,1-2H3,(H,25,29)(H,30,31);(H,6,7). The van der Waals surface area contributed by atoms with E-state index in [0.29, 0.717) is 56.9 Å². The van der Waals surface area contributed by atoms with Gasteiger partial charge in [0.25, 0.3) is 10.0 Å². The Morgan fingerprint density at radius 2 is 1.59 bits per heavy atom. The van der Waals surface area contributed by atoms with Gasteiger partial charge in [-0.15, -0.1) is 0 Å². The molecule has 1 aliphatic heterocycles. The molecule has 41 heavy (non-hydrogen) atoms. The molecule has 11 nitrogen and oxygen atoms in total. The van der Waals surface area contributed by atoms with Crippen LogP contribution in [0, 0.1) is 0 Å². The average molecular weight is 603 g/mol. The molecule has 0 radical (unpaired) electrons. The van der Waals surface area contributed by atoms with Crippen molar-refractivity contribution < 1.29 is 46.2 Å². The third-order valence-corrected chi connectivity index (χ3v) is 7.51. The Hall–Kier alpha value is -3.85. The van der Waals surface area contributed by atoms with Gasteiger partial charge in [0.2, 0.25) is 5.91 Å². The molecule has 2 aromatic carbocycles. The van der Waals surface area contributed by atoms with E-state index in [0.717, 1.165) is 6.42 Å². The first-order valence-electron chi connectivity index (χ1n) is 12.7. The van der Waals surface area contributed by atoms with Crippen molar-refractivity contribution in [2.24, 2.45) is 0 Å². The first-order chi connectivity index (χ1) is 19.2. The van der Waals surface area contributed by atoms with Gasteiger partial charge in [0, 0.05) is 38.4 Å². The van der Waals surface area contributed by atoms with E-state index in [2.05, 4.69) is 14.9 Å². The highest BCUT2D eigenvalue weighted by molar-refractivity contribution is 7.92. The summed E-state index contributed by atoms with van der Waals surface area (Å²) in [7, 11) is -3.95. The lowest BCUT2D eigenvalue weighted by Gasteiger charge is -2.36. The number of carbonyl (C=O) groups is 3. The number of benzene rings is 2. The van der Waals surface area contributed by atoms with E-state index >= 15 is 0 Å². The number of piperazine rings is 1. The average Bonchev–Trinajstić information content (AvgIpc) is 2.92. The molecular formula is C26H33F3N4O7S. The Morgan fingerprint density at radius 1 is 0.976 bits per heavy atom. The van der Waals surface area contributed by atoms with Crippen LogP contribution in [0.15, 0.2) is 47.4 Å². The van der Waals surface area contributed by atoms with Crippen LogP contribution < -0.4 is 14.9 Å². The fourth-order valence-electron chi connectivity index (χ4n) is 3.94. The molecule has 0 bridgehead atoms. The van der Waals surface area contributed by atoms with Crippen LogP contribution in [0.4, 0.5) is 24.5 Å². The zero-order valence-electron chi connectivity index (χ0n) is 22.6.